The minimum absolute atomic E-state index is 0.0302. The summed E-state index contributed by atoms with van der Waals surface area (Å²) in [5, 5.41) is 0.0302. The Morgan fingerprint density at radius 3 is 2.79 bits per heavy atom. The first-order chi connectivity index (χ1) is 9.10. The van der Waals surface area contributed by atoms with Gasteiger partial charge < -0.3 is 15.2 Å². The Bertz CT molecular complexity index is 590. The molecule has 0 amide bonds. The van der Waals surface area contributed by atoms with Crippen molar-refractivity contribution in [1.29, 1.82) is 0 Å². The van der Waals surface area contributed by atoms with Crippen LogP contribution in [0.3, 0.4) is 0 Å². The number of halogens is 2. The van der Waals surface area contributed by atoms with Crippen molar-refractivity contribution < 1.29 is 13.9 Å². The lowest BCUT2D eigenvalue weighted by Gasteiger charge is -2.10. The Hall–Kier alpha value is -1.94. The molecule has 2 rings (SSSR count). The van der Waals surface area contributed by atoms with E-state index in [0.717, 1.165) is 5.56 Å². The van der Waals surface area contributed by atoms with Crippen LogP contribution in [0.1, 0.15) is 5.56 Å². The molecule has 0 heterocycles. The number of methoxy groups -OCH3 is 1. The quantitative estimate of drug-likeness (QED) is 0.870. The highest BCUT2D eigenvalue weighted by molar-refractivity contribution is 6.30. The van der Waals surface area contributed by atoms with Crippen molar-refractivity contribution in [2.24, 2.45) is 0 Å². The van der Waals surface area contributed by atoms with Gasteiger partial charge in [-0.15, -0.1) is 0 Å². The number of hydrogen-bond acceptors (Lipinski definition) is 3. The molecule has 2 aromatic carbocycles. The van der Waals surface area contributed by atoms with Crippen LogP contribution in [-0.2, 0) is 6.61 Å². The maximum absolute atomic E-state index is 13.6. The van der Waals surface area contributed by atoms with Crippen molar-refractivity contribution in [3.63, 3.8) is 0 Å². The van der Waals surface area contributed by atoms with Crippen LogP contribution in [0.2, 0.25) is 5.02 Å². The zero-order valence-electron chi connectivity index (χ0n) is 10.3. The number of nitrogen functional groups attached to an aromatic ring is 1. The lowest BCUT2D eigenvalue weighted by atomic mass is 10.2. The van der Waals surface area contributed by atoms with E-state index in [2.05, 4.69) is 0 Å². The molecule has 0 saturated heterocycles. The Labute approximate surface area is 115 Å². The third kappa shape index (κ3) is 3.29. The van der Waals surface area contributed by atoms with Crippen LogP contribution >= 0.6 is 11.6 Å². The molecule has 5 heteroatoms. The zero-order chi connectivity index (χ0) is 13.8. The molecular weight excluding hydrogens is 269 g/mol. The molecule has 100 valence electrons. The summed E-state index contributed by atoms with van der Waals surface area (Å²) in [5.41, 5.74) is 7.08. The van der Waals surface area contributed by atoms with Crippen LogP contribution < -0.4 is 15.2 Å². The molecule has 2 N–H and O–H groups in total. The lowest BCUT2D eigenvalue weighted by Crippen LogP contribution is -1.99. The number of nitrogens with two attached hydrogens (primary N) is 1. The Balaban J connectivity index is 2.14. The van der Waals surface area contributed by atoms with Gasteiger partial charge in [-0.25, -0.2) is 4.39 Å². The molecule has 0 bridgehead atoms. The highest BCUT2D eigenvalue weighted by Crippen LogP contribution is 2.26. The van der Waals surface area contributed by atoms with Gasteiger partial charge in [0.15, 0.2) is 11.6 Å². The average molecular weight is 282 g/mol. The Kier molecular flexibility index (Phi) is 4.12. The first-order valence-corrected chi connectivity index (χ1v) is 5.98. The van der Waals surface area contributed by atoms with Gasteiger partial charge in [0.25, 0.3) is 0 Å². The predicted molar refractivity (Wildman–Crippen MR) is 73.1 cm³/mol. The molecule has 2 aromatic rings. The van der Waals surface area contributed by atoms with E-state index in [-0.39, 0.29) is 17.4 Å². The second-order valence-corrected chi connectivity index (χ2v) is 4.36. The summed E-state index contributed by atoms with van der Waals surface area (Å²) in [4.78, 5) is 0. The number of rotatable bonds is 4. The van der Waals surface area contributed by atoms with Gasteiger partial charge in [-0.05, 0) is 29.8 Å². The zero-order valence-corrected chi connectivity index (χ0v) is 11.1. The summed E-state index contributed by atoms with van der Waals surface area (Å²) in [7, 11) is 1.55. The summed E-state index contributed by atoms with van der Waals surface area (Å²) in [5.74, 6) is 0.166. The van der Waals surface area contributed by atoms with Crippen LogP contribution in [-0.4, -0.2) is 7.11 Å². The van der Waals surface area contributed by atoms with Crippen molar-refractivity contribution in [2.75, 3.05) is 12.8 Å². The van der Waals surface area contributed by atoms with Crippen molar-refractivity contribution in [2.45, 2.75) is 6.61 Å². The van der Waals surface area contributed by atoms with E-state index in [0.29, 0.717) is 11.4 Å². The highest BCUT2D eigenvalue weighted by atomic mass is 35.5. The van der Waals surface area contributed by atoms with Gasteiger partial charge in [0.1, 0.15) is 12.4 Å². The average Bonchev–Trinajstić information content (AvgIpc) is 2.40. The fourth-order valence-corrected chi connectivity index (χ4v) is 1.81. The van der Waals surface area contributed by atoms with E-state index in [1.54, 1.807) is 31.4 Å². The second kappa shape index (κ2) is 5.80. The first-order valence-electron chi connectivity index (χ1n) is 5.60. The summed E-state index contributed by atoms with van der Waals surface area (Å²) >= 11 is 5.67. The summed E-state index contributed by atoms with van der Waals surface area (Å²) in [6.07, 6.45) is 0. The van der Waals surface area contributed by atoms with E-state index in [9.17, 15) is 4.39 Å². The van der Waals surface area contributed by atoms with Crippen LogP contribution in [0.15, 0.2) is 36.4 Å². The molecule has 19 heavy (non-hydrogen) atoms. The molecule has 0 radical (unpaired) electrons. The first kappa shape index (κ1) is 13.5. The van der Waals surface area contributed by atoms with E-state index in [1.807, 2.05) is 0 Å². The third-order valence-corrected chi connectivity index (χ3v) is 2.83. The summed E-state index contributed by atoms with van der Waals surface area (Å²) < 4.78 is 24.1. The largest absolute Gasteiger partial charge is 0.497 e. The maximum atomic E-state index is 13.6. The van der Waals surface area contributed by atoms with E-state index in [4.69, 9.17) is 26.8 Å². The van der Waals surface area contributed by atoms with Gasteiger partial charge in [0, 0.05) is 11.8 Å². The standard InChI is InChI=1S/C14H13ClFNO2/c1-18-11-6-9(5-10(17)7-11)8-19-13-4-2-3-12(15)14(13)16/h2-7H,8,17H2,1H3. The van der Waals surface area contributed by atoms with Crippen molar-refractivity contribution in [3.8, 4) is 11.5 Å². The van der Waals surface area contributed by atoms with Crippen molar-refractivity contribution in [3.05, 3.63) is 52.8 Å². The normalized spacial score (nSPS) is 10.3. The smallest absolute Gasteiger partial charge is 0.183 e. The van der Waals surface area contributed by atoms with Crippen LogP contribution in [0, 0.1) is 5.82 Å². The van der Waals surface area contributed by atoms with Gasteiger partial charge in [0.05, 0.1) is 12.1 Å². The molecule has 0 aliphatic rings. The molecule has 0 aliphatic heterocycles. The molecule has 0 fully saturated rings. The third-order valence-electron chi connectivity index (χ3n) is 2.53. The predicted octanol–water partition coefficient (Wildman–Crippen LogP) is 3.65. The van der Waals surface area contributed by atoms with Crippen LogP contribution in [0.5, 0.6) is 11.5 Å². The summed E-state index contributed by atoms with van der Waals surface area (Å²) in [6.45, 7) is 0.179. The number of ether oxygens (including phenoxy) is 2. The van der Waals surface area contributed by atoms with Crippen LogP contribution in [0.25, 0.3) is 0 Å². The number of hydrogen-bond donors (Lipinski definition) is 1. The molecule has 0 aromatic heterocycles. The molecule has 0 atom stereocenters. The Morgan fingerprint density at radius 1 is 1.26 bits per heavy atom. The highest BCUT2D eigenvalue weighted by Gasteiger charge is 2.08. The summed E-state index contributed by atoms with van der Waals surface area (Å²) in [6, 6.07) is 9.83. The van der Waals surface area contributed by atoms with Gasteiger partial charge in [-0.2, -0.15) is 0 Å². The van der Waals surface area contributed by atoms with Crippen molar-refractivity contribution >= 4 is 17.3 Å². The van der Waals surface area contributed by atoms with Gasteiger partial charge >= 0.3 is 0 Å². The molecular formula is C14H13ClFNO2. The second-order valence-electron chi connectivity index (χ2n) is 3.96. The maximum Gasteiger partial charge on any atom is 0.183 e. The fourth-order valence-electron chi connectivity index (χ4n) is 1.64. The lowest BCUT2D eigenvalue weighted by molar-refractivity contribution is 0.289. The van der Waals surface area contributed by atoms with Gasteiger partial charge in [-0.1, -0.05) is 17.7 Å². The number of benzene rings is 2. The fraction of sp³-hybridized carbons (Fsp3) is 0.143. The Morgan fingerprint density at radius 2 is 2.05 bits per heavy atom. The SMILES string of the molecule is COc1cc(N)cc(COc2cccc(Cl)c2F)c1. The molecule has 0 spiro atoms. The van der Waals surface area contributed by atoms with Gasteiger partial charge in [0.2, 0.25) is 0 Å². The molecule has 0 aliphatic carbocycles. The molecule has 0 saturated carbocycles. The topological polar surface area (TPSA) is 44.5 Å². The molecule has 3 nitrogen and oxygen atoms in total. The van der Waals surface area contributed by atoms with Crippen molar-refractivity contribution in [1.82, 2.24) is 0 Å². The number of anilines is 1. The van der Waals surface area contributed by atoms with E-state index >= 15 is 0 Å². The monoisotopic (exact) mass is 281 g/mol. The minimum atomic E-state index is -0.569. The van der Waals surface area contributed by atoms with Crippen LogP contribution in [0.4, 0.5) is 10.1 Å². The minimum Gasteiger partial charge on any atom is -0.497 e. The van der Waals surface area contributed by atoms with Gasteiger partial charge in [-0.3, -0.25) is 0 Å². The van der Waals surface area contributed by atoms with E-state index < -0.39 is 5.82 Å². The van der Waals surface area contributed by atoms with E-state index in [1.165, 1.54) is 12.1 Å². The molecule has 0 unspecified atom stereocenters.